The van der Waals surface area contributed by atoms with Crippen LogP contribution in [0.1, 0.15) is 72.1 Å². The minimum absolute atomic E-state index is 0.0260. The van der Waals surface area contributed by atoms with Crippen molar-refractivity contribution in [2.45, 2.75) is 83.2 Å². The molecular formula is C16H28O3S. The van der Waals surface area contributed by atoms with Gasteiger partial charge in [0.15, 0.2) is 15.3 Å². The van der Waals surface area contributed by atoms with Crippen LogP contribution in [0.5, 0.6) is 0 Å². The molecule has 3 aliphatic rings. The molecule has 1 heterocycles. The van der Waals surface area contributed by atoms with Gasteiger partial charge in [0.1, 0.15) is 0 Å². The molecule has 3 rings (SSSR count). The van der Waals surface area contributed by atoms with Crippen LogP contribution in [0.2, 0.25) is 0 Å². The Labute approximate surface area is 123 Å². The molecule has 2 aliphatic carbocycles. The van der Waals surface area contributed by atoms with E-state index in [1.165, 1.54) is 25.7 Å². The number of hydrogen-bond donors (Lipinski definition) is 0. The second kappa shape index (κ2) is 4.45. The Kier molecular flexibility index (Phi) is 3.30. The molecule has 4 heteroatoms. The van der Waals surface area contributed by atoms with Crippen LogP contribution in [0.25, 0.3) is 0 Å². The lowest BCUT2D eigenvalue weighted by Crippen LogP contribution is -2.51. The molecule has 0 aromatic heterocycles. The number of rotatable bonds is 1. The Hall–Kier alpha value is -0.0900. The molecule has 20 heavy (non-hydrogen) atoms. The third-order valence-electron chi connectivity index (χ3n) is 5.83. The van der Waals surface area contributed by atoms with E-state index in [1.807, 2.05) is 20.8 Å². The molecule has 1 saturated heterocycles. The summed E-state index contributed by atoms with van der Waals surface area (Å²) >= 11 is 0. The Bertz CT molecular complexity index is 474. The van der Waals surface area contributed by atoms with E-state index in [9.17, 15) is 8.42 Å². The highest BCUT2D eigenvalue weighted by Gasteiger charge is 2.68. The van der Waals surface area contributed by atoms with Gasteiger partial charge in [-0.2, -0.15) is 0 Å². The van der Waals surface area contributed by atoms with Crippen molar-refractivity contribution >= 4 is 9.84 Å². The maximum Gasteiger partial charge on any atom is 0.178 e. The molecule has 1 unspecified atom stereocenters. The first kappa shape index (κ1) is 14.8. The zero-order valence-electron chi connectivity index (χ0n) is 13.1. The monoisotopic (exact) mass is 300 g/mol. The molecule has 0 bridgehead atoms. The first-order valence-electron chi connectivity index (χ1n) is 8.10. The second-order valence-electron chi connectivity index (χ2n) is 8.22. The summed E-state index contributed by atoms with van der Waals surface area (Å²) in [6, 6.07) is 0. The molecule has 0 aromatic rings. The highest BCUT2D eigenvalue weighted by Crippen LogP contribution is 2.67. The zero-order chi connectivity index (χ0) is 14.6. The average molecular weight is 300 g/mol. The summed E-state index contributed by atoms with van der Waals surface area (Å²) in [6.45, 7) is 5.93. The standard InChI is InChI=1S/C16H28O3S/c1-14(2,3)19-13-16-10-6-4-8-15(16,9-5-7-11-16)12-20(13,17)18/h13H,4-12H2,1-3H3. The van der Waals surface area contributed by atoms with E-state index >= 15 is 0 Å². The molecule has 3 fully saturated rings. The molecule has 0 amide bonds. The normalized spacial score (nSPS) is 43.9. The van der Waals surface area contributed by atoms with E-state index in [0.29, 0.717) is 5.75 Å². The SMILES string of the molecule is CC(C)(C)OC1C23CCCCC2(CCCC3)CS1(=O)=O. The maximum atomic E-state index is 12.8. The minimum Gasteiger partial charge on any atom is -0.356 e. The highest BCUT2D eigenvalue weighted by molar-refractivity contribution is 7.92. The van der Waals surface area contributed by atoms with Gasteiger partial charge in [-0.15, -0.1) is 0 Å². The molecule has 1 atom stereocenters. The van der Waals surface area contributed by atoms with Crippen molar-refractivity contribution in [1.29, 1.82) is 0 Å². The lowest BCUT2D eigenvalue weighted by Gasteiger charge is -2.54. The van der Waals surface area contributed by atoms with Crippen molar-refractivity contribution in [3.05, 3.63) is 0 Å². The first-order valence-corrected chi connectivity index (χ1v) is 9.82. The van der Waals surface area contributed by atoms with Crippen molar-refractivity contribution in [1.82, 2.24) is 0 Å². The molecule has 2 saturated carbocycles. The molecule has 0 N–H and O–H groups in total. The van der Waals surface area contributed by atoms with Crippen LogP contribution in [0.15, 0.2) is 0 Å². The van der Waals surface area contributed by atoms with E-state index in [-0.39, 0.29) is 10.8 Å². The van der Waals surface area contributed by atoms with Crippen LogP contribution in [0.4, 0.5) is 0 Å². The van der Waals surface area contributed by atoms with Gasteiger partial charge >= 0.3 is 0 Å². The maximum absolute atomic E-state index is 12.8. The molecule has 0 radical (unpaired) electrons. The molecular weight excluding hydrogens is 272 g/mol. The Morgan fingerprint density at radius 1 is 0.950 bits per heavy atom. The number of ether oxygens (including phenoxy) is 1. The molecule has 0 spiro atoms. The predicted molar refractivity (Wildman–Crippen MR) is 80.2 cm³/mol. The minimum atomic E-state index is -3.13. The van der Waals surface area contributed by atoms with Gasteiger partial charge in [-0.25, -0.2) is 8.42 Å². The predicted octanol–water partition coefficient (Wildman–Crippen LogP) is 3.68. The lowest BCUT2D eigenvalue weighted by molar-refractivity contribution is -0.140. The second-order valence-corrected chi connectivity index (χ2v) is 10.3. The smallest absolute Gasteiger partial charge is 0.178 e. The summed E-state index contributed by atoms with van der Waals surface area (Å²) in [5, 5.41) is 0. The average Bonchev–Trinajstić information content (AvgIpc) is 2.53. The van der Waals surface area contributed by atoms with E-state index < -0.39 is 20.9 Å². The highest BCUT2D eigenvalue weighted by atomic mass is 32.2. The first-order chi connectivity index (χ1) is 9.21. The molecule has 3 nitrogen and oxygen atoms in total. The van der Waals surface area contributed by atoms with Gasteiger partial charge in [-0.1, -0.05) is 25.7 Å². The fourth-order valence-electron chi connectivity index (χ4n) is 5.17. The topological polar surface area (TPSA) is 43.4 Å². The summed E-state index contributed by atoms with van der Waals surface area (Å²) in [5.41, 5.74) is -1.01. The van der Waals surface area contributed by atoms with Crippen LogP contribution >= 0.6 is 0 Å². The van der Waals surface area contributed by atoms with Gasteiger partial charge in [0.25, 0.3) is 0 Å². The van der Waals surface area contributed by atoms with E-state index in [4.69, 9.17) is 4.74 Å². The lowest BCUT2D eigenvalue weighted by atomic mass is 9.51. The van der Waals surface area contributed by atoms with Crippen LogP contribution < -0.4 is 0 Å². The summed E-state index contributed by atoms with van der Waals surface area (Å²) in [7, 11) is -3.13. The summed E-state index contributed by atoms with van der Waals surface area (Å²) in [5.74, 6) is 0.376. The quantitative estimate of drug-likeness (QED) is 0.742. The fraction of sp³-hybridized carbons (Fsp3) is 1.00. The van der Waals surface area contributed by atoms with Crippen molar-refractivity contribution in [3.63, 3.8) is 0 Å². The Morgan fingerprint density at radius 3 is 1.95 bits per heavy atom. The van der Waals surface area contributed by atoms with E-state index in [2.05, 4.69) is 0 Å². The zero-order valence-corrected chi connectivity index (χ0v) is 13.9. The third-order valence-corrected chi connectivity index (χ3v) is 7.98. The third kappa shape index (κ3) is 2.06. The molecule has 0 aromatic carbocycles. The number of sulfone groups is 1. The van der Waals surface area contributed by atoms with E-state index in [0.717, 1.165) is 25.7 Å². The Balaban J connectivity index is 2.07. The van der Waals surface area contributed by atoms with Gasteiger partial charge in [0.2, 0.25) is 0 Å². The van der Waals surface area contributed by atoms with Crippen LogP contribution in [-0.4, -0.2) is 25.2 Å². The van der Waals surface area contributed by atoms with Crippen molar-refractivity contribution in [3.8, 4) is 0 Å². The van der Waals surface area contributed by atoms with Crippen LogP contribution in [0.3, 0.4) is 0 Å². The van der Waals surface area contributed by atoms with Crippen molar-refractivity contribution < 1.29 is 13.2 Å². The van der Waals surface area contributed by atoms with E-state index in [1.54, 1.807) is 0 Å². The fourth-order valence-corrected chi connectivity index (χ4v) is 8.28. The van der Waals surface area contributed by atoms with Gasteiger partial charge in [0.05, 0.1) is 11.4 Å². The van der Waals surface area contributed by atoms with Gasteiger partial charge in [-0.05, 0) is 51.9 Å². The van der Waals surface area contributed by atoms with Crippen LogP contribution in [0, 0.1) is 10.8 Å². The summed E-state index contributed by atoms with van der Waals surface area (Å²) in [6.07, 6.45) is 9.01. The molecule has 116 valence electrons. The Morgan fingerprint density at radius 2 is 1.45 bits per heavy atom. The summed E-state index contributed by atoms with van der Waals surface area (Å²) < 4.78 is 31.8. The summed E-state index contributed by atoms with van der Waals surface area (Å²) in [4.78, 5) is 0. The van der Waals surface area contributed by atoms with Crippen LogP contribution in [-0.2, 0) is 14.6 Å². The van der Waals surface area contributed by atoms with Gasteiger partial charge in [0, 0.05) is 5.41 Å². The number of hydrogen-bond acceptors (Lipinski definition) is 3. The van der Waals surface area contributed by atoms with Crippen molar-refractivity contribution in [2.75, 3.05) is 5.75 Å². The largest absolute Gasteiger partial charge is 0.356 e. The van der Waals surface area contributed by atoms with Gasteiger partial charge < -0.3 is 4.74 Å². The van der Waals surface area contributed by atoms with Gasteiger partial charge in [-0.3, -0.25) is 0 Å². The molecule has 1 aliphatic heterocycles. The van der Waals surface area contributed by atoms with Crippen molar-refractivity contribution in [2.24, 2.45) is 10.8 Å².